The second-order valence-electron chi connectivity index (χ2n) is 4.69. The highest BCUT2D eigenvalue weighted by atomic mass is 79.9. The van der Waals surface area contributed by atoms with Crippen molar-refractivity contribution in [1.29, 1.82) is 0 Å². The molecule has 4 heteroatoms. The fourth-order valence-corrected chi connectivity index (χ4v) is 2.42. The molecule has 1 unspecified atom stereocenters. The largest absolute Gasteiger partial charge is 0.508 e. The molecule has 2 aromatic carbocycles. The summed E-state index contributed by atoms with van der Waals surface area (Å²) in [5.41, 5.74) is 1.84. The molecular weight excluding hydrogens is 318 g/mol. The van der Waals surface area contributed by atoms with E-state index >= 15 is 0 Å². The van der Waals surface area contributed by atoms with Gasteiger partial charge in [-0.2, -0.15) is 0 Å². The van der Waals surface area contributed by atoms with Gasteiger partial charge in [0.25, 0.3) is 0 Å². The van der Waals surface area contributed by atoms with E-state index in [0.29, 0.717) is 0 Å². The third kappa shape index (κ3) is 4.10. The Balaban J connectivity index is 1.97. The van der Waals surface area contributed by atoms with Crippen LogP contribution in [-0.2, 0) is 11.2 Å². The van der Waals surface area contributed by atoms with Gasteiger partial charge in [0, 0.05) is 4.47 Å². The number of nitrogens with one attached hydrogen (secondary N) is 1. The lowest BCUT2D eigenvalue weighted by Gasteiger charge is -2.14. The highest BCUT2D eigenvalue weighted by Crippen LogP contribution is 2.18. The number of rotatable bonds is 4. The van der Waals surface area contributed by atoms with E-state index in [1.807, 2.05) is 37.3 Å². The minimum Gasteiger partial charge on any atom is -0.508 e. The number of carbonyl (C=O) groups is 1. The Kier molecular flexibility index (Phi) is 4.79. The Labute approximate surface area is 126 Å². The number of halogens is 1. The van der Waals surface area contributed by atoms with Crippen molar-refractivity contribution in [2.45, 2.75) is 19.4 Å². The molecule has 0 saturated carbocycles. The van der Waals surface area contributed by atoms with Crippen LogP contribution in [0.15, 0.2) is 53.0 Å². The molecule has 0 aliphatic rings. The molecule has 0 fully saturated rings. The molecular formula is C16H16BrNO2. The van der Waals surface area contributed by atoms with E-state index in [-0.39, 0.29) is 24.1 Å². The molecule has 1 atom stereocenters. The van der Waals surface area contributed by atoms with Crippen molar-refractivity contribution in [1.82, 2.24) is 5.32 Å². The first-order chi connectivity index (χ1) is 9.54. The van der Waals surface area contributed by atoms with Crippen LogP contribution in [0.1, 0.15) is 24.1 Å². The van der Waals surface area contributed by atoms with Gasteiger partial charge in [-0.1, -0.05) is 40.2 Å². The van der Waals surface area contributed by atoms with E-state index in [4.69, 9.17) is 0 Å². The van der Waals surface area contributed by atoms with Gasteiger partial charge in [0.1, 0.15) is 5.75 Å². The summed E-state index contributed by atoms with van der Waals surface area (Å²) in [4.78, 5) is 12.0. The zero-order valence-corrected chi connectivity index (χ0v) is 12.7. The summed E-state index contributed by atoms with van der Waals surface area (Å²) in [6.45, 7) is 1.95. The van der Waals surface area contributed by atoms with Gasteiger partial charge in [0.15, 0.2) is 0 Å². The van der Waals surface area contributed by atoms with Crippen LogP contribution in [0, 0.1) is 0 Å². The second kappa shape index (κ2) is 6.57. The predicted octanol–water partition coefficient (Wildman–Crippen LogP) is 3.57. The molecule has 20 heavy (non-hydrogen) atoms. The zero-order chi connectivity index (χ0) is 14.5. The second-order valence-corrected chi connectivity index (χ2v) is 5.61. The Morgan fingerprint density at radius 2 is 2.00 bits per heavy atom. The molecule has 2 rings (SSSR count). The van der Waals surface area contributed by atoms with Gasteiger partial charge >= 0.3 is 0 Å². The smallest absolute Gasteiger partial charge is 0.224 e. The van der Waals surface area contributed by atoms with E-state index in [1.165, 1.54) is 0 Å². The third-order valence-corrected chi connectivity index (χ3v) is 3.49. The summed E-state index contributed by atoms with van der Waals surface area (Å²) in [7, 11) is 0. The molecule has 0 aliphatic carbocycles. The van der Waals surface area contributed by atoms with E-state index < -0.39 is 0 Å². The first-order valence-electron chi connectivity index (χ1n) is 6.37. The maximum absolute atomic E-state index is 12.0. The third-order valence-electron chi connectivity index (χ3n) is 3.00. The van der Waals surface area contributed by atoms with Crippen molar-refractivity contribution in [3.05, 3.63) is 64.1 Å². The zero-order valence-electron chi connectivity index (χ0n) is 11.1. The van der Waals surface area contributed by atoms with E-state index in [0.717, 1.165) is 15.6 Å². The maximum Gasteiger partial charge on any atom is 0.224 e. The number of phenolic OH excluding ortho intramolecular Hbond substituents is 1. The summed E-state index contributed by atoms with van der Waals surface area (Å²) in [6.07, 6.45) is 0.257. The lowest BCUT2D eigenvalue weighted by molar-refractivity contribution is -0.121. The van der Waals surface area contributed by atoms with Crippen LogP contribution in [0.3, 0.4) is 0 Å². The summed E-state index contributed by atoms with van der Waals surface area (Å²) < 4.78 is 0.990. The fraction of sp³-hybridized carbons (Fsp3) is 0.188. The van der Waals surface area contributed by atoms with Crippen molar-refractivity contribution in [2.24, 2.45) is 0 Å². The van der Waals surface area contributed by atoms with E-state index in [2.05, 4.69) is 21.2 Å². The average Bonchev–Trinajstić information content (AvgIpc) is 2.38. The predicted molar refractivity (Wildman–Crippen MR) is 82.5 cm³/mol. The lowest BCUT2D eigenvalue weighted by atomic mass is 10.1. The monoisotopic (exact) mass is 333 g/mol. The maximum atomic E-state index is 12.0. The molecule has 0 spiro atoms. The minimum atomic E-state index is -0.0666. The van der Waals surface area contributed by atoms with E-state index in [1.54, 1.807) is 18.2 Å². The fourth-order valence-electron chi connectivity index (χ4n) is 2.00. The number of phenols is 1. The van der Waals surface area contributed by atoms with Crippen LogP contribution in [0.4, 0.5) is 0 Å². The van der Waals surface area contributed by atoms with Gasteiger partial charge in [-0.05, 0) is 42.3 Å². The SMILES string of the molecule is CC(NC(=O)Cc1cccc(O)c1)c1cccc(Br)c1. The lowest BCUT2D eigenvalue weighted by Crippen LogP contribution is -2.28. The Bertz CT molecular complexity index is 613. The number of amides is 1. The normalized spacial score (nSPS) is 11.9. The molecule has 0 bridgehead atoms. The molecule has 0 heterocycles. The molecule has 0 saturated heterocycles. The van der Waals surface area contributed by atoms with Crippen molar-refractivity contribution >= 4 is 21.8 Å². The van der Waals surface area contributed by atoms with Gasteiger partial charge in [0.2, 0.25) is 5.91 Å². The highest BCUT2D eigenvalue weighted by Gasteiger charge is 2.10. The van der Waals surface area contributed by atoms with Crippen LogP contribution in [0.5, 0.6) is 5.75 Å². The first kappa shape index (κ1) is 14.6. The summed E-state index contributed by atoms with van der Waals surface area (Å²) in [5, 5.41) is 12.3. The number of hydrogen-bond donors (Lipinski definition) is 2. The standard InChI is InChI=1S/C16H16BrNO2/c1-11(13-5-3-6-14(17)10-13)18-16(20)9-12-4-2-7-15(19)8-12/h2-8,10-11,19H,9H2,1H3,(H,18,20). The van der Waals surface area contributed by atoms with E-state index in [9.17, 15) is 9.90 Å². The van der Waals surface area contributed by atoms with Crippen molar-refractivity contribution in [2.75, 3.05) is 0 Å². The quantitative estimate of drug-likeness (QED) is 0.898. The molecule has 104 valence electrons. The molecule has 3 nitrogen and oxygen atoms in total. The summed E-state index contributed by atoms with van der Waals surface area (Å²) in [6, 6.07) is 14.5. The summed E-state index contributed by atoms with van der Waals surface area (Å²) >= 11 is 3.42. The van der Waals surface area contributed by atoms with Crippen LogP contribution < -0.4 is 5.32 Å². The van der Waals surface area contributed by atoms with Gasteiger partial charge in [-0.15, -0.1) is 0 Å². The molecule has 2 N–H and O–H groups in total. The van der Waals surface area contributed by atoms with Crippen LogP contribution in [0.2, 0.25) is 0 Å². The molecule has 1 amide bonds. The molecule has 2 aromatic rings. The minimum absolute atomic E-state index is 0.0580. The van der Waals surface area contributed by atoms with Crippen LogP contribution in [0.25, 0.3) is 0 Å². The highest BCUT2D eigenvalue weighted by molar-refractivity contribution is 9.10. The average molecular weight is 334 g/mol. The number of benzene rings is 2. The Morgan fingerprint density at radius 1 is 1.25 bits per heavy atom. The summed E-state index contributed by atoms with van der Waals surface area (Å²) in [5.74, 6) is 0.110. The van der Waals surface area contributed by atoms with Crippen molar-refractivity contribution < 1.29 is 9.90 Å². The molecule has 0 aliphatic heterocycles. The van der Waals surface area contributed by atoms with Gasteiger partial charge in [-0.25, -0.2) is 0 Å². The molecule has 0 aromatic heterocycles. The van der Waals surface area contributed by atoms with Gasteiger partial charge in [0.05, 0.1) is 12.5 Å². The van der Waals surface area contributed by atoms with Crippen LogP contribution in [-0.4, -0.2) is 11.0 Å². The topological polar surface area (TPSA) is 49.3 Å². The van der Waals surface area contributed by atoms with Crippen molar-refractivity contribution in [3.63, 3.8) is 0 Å². The van der Waals surface area contributed by atoms with Crippen LogP contribution >= 0.6 is 15.9 Å². The molecule has 0 radical (unpaired) electrons. The van der Waals surface area contributed by atoms with Gasteiger partial charge < -0.3 is 10.4 Å². The van der Waals surface area contributed by atoms with Crippen molar-refractivity contribution in [3.8, 4) is 5.75 Å². The number of carbonyl (C=O) groups excluding carboxylic acids is 1. The first-order valence-corrected chi connectivity index (χ1v) is 7.16. The van der Waals surface area contributed by atoms with Gasteiger partial charge in [-0.3, -0.25) is 4.79 Å². The Morgan fingerprint density at radius 3 is 2.70 bits per heavy atom. The Hall–Kier alpha value is -1.81. The number of aromatic hydroxyl groups is 1. The number of hydrogen-bond acceptors (Lipinski definition) is 2.